The van der Waals surface area contributed by atoms with Crippen molar-refractivity contribution >= 4 is 17.3 Å². The highest BCUT2D eigenvalue weighted by molar-refractivity contribution is 5.92. The Hall–Kier alpha value is -3.37. The Morgan fingerprint density at radius 1 is 1.25 bits per heavy atom. The lowest BCUT2D eigenvalue weighted by Crippen LogP contribution is -2.07. The van der Waals surface area contributed by atoms with Crippen LogP contribution in [-0.2, 0) is 0 Å². The minimum Gasteiger partial charge on any atom is -0.477 e. The number of nitrogens with zero attached hydrogens (tertiary/aromatic N) is 5. The maximum absolute atomic E-state index is 11.0. The van der Waals surface area contributed by atoms with Gasteiger partial charge in [0.1, 0.15) is 24.2 Å². The van der Waals surface area contributed by atoms with Gasteiger partial charge in [0.25, 0.3) is 0 Å². The molecule has 0 radical (unpaired) electrons. The maximum atomic E-state index is 11.0. The highest BCUT2D eigenvalue weighted by Gasteiger charge is 2.22. The maximum Gasteiger partial charge on any atom is 0.342 e. The standard InChI is InChI=1S/C9H5N5O6/c15-9(16)6-1-8(10-3-7(6)14(19)20)12-4-5(2-11-12)13(17)18/h1-4H,(H,15,16). The molecule has 0 aliphatic carbocycles. The summed E-state index contributed by atoms with van der Waals surface area (Å²) < 4.78 is 0.953. The van der Waals surface area contributed by atoms with Crippen LogP contribution < -0.4 is 0 Å². The molecule has 0 saturated carbocycles. The Morgan fingerprint density at radius 3 is 2.45 bits per heavy atom. The van der Waals surface area contributed by atoms with Crippen LogP contribution in [0.15, 0.2) is 24.7 Å². The second-order valence-corrected chi connectivity index (χ2v) is 3.52. The van der Waals surface area contributed by atoms with Gasteiger partial charge in [-0.05, 0) is 0 Å². The molecule has 0 fully saturated rings. The third-order valence-electron chi connectivity index (χ3n) is 2.31. The summed E-state index contributed by atoms with van der Waals surface area (Å²) in [5.41, 5.74) is -1.58. The number of hydrogen-bond acceptors (Lipinski definition) is 7. The topological polar surface area (TPSA) is 154 Å². The van der Waals surface area contributed by atoms with E-state index >= 15 is 0 Å². The highest BCUT2D eigenvalue weighted by Crippen LogP contribution is 2.20. The van der Waals surface area contributed by atoms with Crippen LogP contribution in [0.4, 0.5) is 11.4 Å². The summed E-state index contributed by atoms with van der Waals surface area (Å²) in [6, 6.07) is 0.914. The van der Waals surface area contributed by atoms with Crippen molar-refractivity contribution in [2.75, 3.05) is 0 Å². The Balaban J connectivity index is 2.52. The lowest BCUT2D eigenvalue weighted by atomic mass is 10.2. The van der Waals surface area contributed by atoms with Crippen LogP contribution in [-0.4, -0.2) is 35.7 Å². The molecule has 0 saturated heterocycles. The predicted molar refractivity (Wildman–Crippen MR) is 61.6 cm³/mol. The molecule has 0 aromatic carbocycles. The molecule has 102 valence electrons. The number of pyridine rings is 1. The molecule has 2 rings (SSSR count). The van der Waals surface area contributed by atoms with Crippen LogP contribution in [0.2, 0.25) is 0 Å². The molecule has 1 N–H and O–H groups in total. The van der Waals surface area contributed by atoms with E-state index < -0.39 is 27.1 Å². The van der Waals surface area contributed by atoms with Crippen molar-refractivity contribution in [3.05, 3.63) is 50.4 Å². The van der Waals surface area contributed by atoms with Crippen molar-refractivity contribution in [2.45, 2.75) is 0 Å². The molecule has 11 heteroatoms. The van der Waals surface area contributed by atoms with Crippen molar-refractivity contribution in [3.63, 3.8) is 0 Å². The van der Waals surface area contributed by atoms with E-state index in [4.69, 9.17) is 5.11 Å². The van der Waals surface area contributed by atoms with Crippen LogP contribution in [0.25, 0.3) is 5.82 Å². The van der Waals surface area contributed by atoms with E-state index in [2.05, 4.69) is 10.1 Å². The third-order valence-corrected chi connectivity index (χ3v) is 2.31. The first-order valence-corrected chi connectivity index (χ1v) is 4.97. The predicted octanol–water partition coefficient (Wildman–Crippen LogP) is 0.782. The molecule has 0 aliphatic heterocycles. The number of hydrogen-bond donors (Lipinski definition) is 1. The van der Waals surface area contributed by atoms with Gasteiger partial charge in [0.2, 0.25) is 0 Å². The Morgan fingerprint density at radius 2 is 1.95 bits per heavy atom. The molecule has 11 nitrogen and oxygen atoms in total. The quantitative estimate of drug-likeness (QED) is 0.635. The van der Waals surface area contributed by atoms with Gasteiger partial charge in [-0.1, -0.05) is 0 Å². The number of carbonyl (C=O) groups is 1. The first kappa shape index (κ1) is 13.1. The Kier molecular flexibility index (Phi) is 3.08. The molecule has 2 aromatic heterocycles. The SMILES string of the molecule is O=C(O)c1cc(-n2cc([N+](=O)[O-])cn2)ncc1[N+](=O)[O-]. The molecule has 2 aromatic rings. The van der Waals surface area contributed by atoms with Crippen LogP contribution in [0, 0.1) is 20.2 Å². The van der Waals surface area contributed by atoms with Crippen LogP contribution in [0.1, 0.15) is 10.4 Å². The normalized spacial score (nSPS) is 10.2. The smallest absolute Gasteiger partial charge is 0.342 e. The molecular formula is C9H5N5O6. The van der Waals surface area contributed by atoms with Gasteiger partial charge in [0, 0.05) is 6.07 Å². The van der Waals surface area contributed by atoms with Gasteiger partial charge in [-0.3, -0.25) is 20.2 Å². The molecule has 0 bridgehead atoms. The minimum absolute atomic E-state index is 0.0823. The van der Waals surface area contributed by atoms with E-state index in [1.54, 1.807) is 0 Å². The van der Waals surface area contributed by atoms with E-state index in [0.717, 1.165) is 29.3 Å². The molecule has 0 aliphatic rings. The second kappa shape index (κ2) is 4.72. The number of rotatable bonds is 4. The monoisotopic (exact) mass is 279 g/mol. The summed E-state index contributed by atoms with van der Waals surface area (Å²) in [4.78, 5) is 34.2. The Bertz CT molecular complexity index is 723. The number of carboxylic acid groups (broad SMARTS) is 1. The van der Waals surface area contributed by atoms with Crippen LogP contribution in [0.5, 0.6) is 0 Å². The highest BCUT2D eigenvalue weighted by atomic mass is 16.6. The summed E-state index contributed by atoms with van der Waals surface area (Å²) in [5, 5.41) is 33.7. The van der Waals surface area contributed by atoms with Gasteiger partial charge in [-0.2, -0.15) is 5.10 Å². The lowest BCUT2D eigenvalue weighted by Gasteiger charge is -2.02. The zero-order valence-electron chi connectivity index (χ0n) is 9.53. The van der Waals surface area contributed by atoms with Gasteiger partial charge in [0.05, 0.1) is 9.85 Å². The average Bonchev–Trinajstić information content (AvgIpc) is 2.87. The molecule has 0 atom stereocenters. The summed E-state index contributed by atoms with van der Waals surface area (Å²) >= 11 is 0. The van der Waals surface area contributed by atoms with Crippen molar-refractivity contribution in [1.29, 1.82) is 0 Å². The third kappa shape index (κ3) is 2.27. The zero-order chi connectivity index (χ0) is 14.9. The number of aromatic nitrogens is 3. The van der Waals surface area contributed by atoms with E-state index in [1.165, 1.54) is 0 Å². The lowest BCUT2D eigenvalue weighted by molar-refractivity contribution is -0.385. The van der Waals surface area contributed by atoms with Gasteiger partial charge < -0.3 is 5.11 Å². The summed E-state index contributed by atoms with van der Waals surface area (Å²) in [5.74, 6) is -1.59. The van der Waals surface area contributed by atoms with Crippen LogP contribution in [0.3, 0.4) is 0 Å². The van der Waals surface area contributed by atoms with E-state index in [9.17, 15) is 25.0 Å². The van der Waals surface area contributed by atoms with E-state index in [0.29, 0.717) is 0 Å². The fraction of sp³-hybridized carbons (Fsp3) is 0. The summed E-state index contributed by atoms with van der Waals surface area (Å²) in [6.45, 7) is 0. The molecule has 0 unspecified atom stereocenters. The molecule has 0 spiro atoms. The first-order chi connectivity index (χ1) is 9.40. The van der Waals surface area contributed by atoms with Gasteiger partial charge in [-0.15, -0.1) is 0 Å². The van der Waals surface area contributed by atoms with Crippen molar-refractivity contribution < 1.29 is 19.7 Å². The fourth-order valence-corrected chi connectivity index (χ4v) is 1.41. The number of nitro groups is 2. The number of aromatic carboxylic acids is 1. The molecule has 2 heterocycles. The molecule has 20 heavy (non-hydrogen) atoms. The summed E-state index contributed by atoms with van der Waals surface area (Å²) in [6.07, 6.45) is 2.72. The molecular weight excluding hydrogens is 274 g/mol. The molecule has 0 amide bonds. The summed E-state index contributed by atoms with van der Waals surface area (Å²) in [7, 11) is 0. The van der Waals surface area contributed by atoms with Gasteiger partial charge >= 0.3 is 17.3 Å². The van der Waals surface area contributed by atoms with E-state index in [-0.39, 0.29) is 11.5 Å². The zero-order valence-corrected chi connectivity index (χ0v) is 9.53. The van der Waals surface area contributed by atoms with Gasteiger partial charge in [-0.25, -0.2) is 14.5 Å². The fourth-order valence-electron chi connectivity index (χ4n) is 1.41. The van der Waals surface area contributed by atoms with Crippen molar-refractivity contribution in [2.24, 2.45) is 0 Å². The largest absolute Gasteiger partial charge is 0.477 e. The second-order valence-electron chi connectivity index (χ2n) is 3.52. The Labute approximate surface area is 109 Å². The van der Waals surface area contributed by atoms with E-state index in [1.807, 2.05) is 0 Å². The first-order valence-electron chi connectivity index (χ1n) is 4.97. The van der Waals surface area contributed by atoms with Crippen molar-refractivity contribution in [1.82, 2.24) is 14.8 Å². The number of carboxylic acids is 1. The van der Waals surface area contributed by atoms with Gasteiger partial charge in [0.15, 0.2) is 5.82 Å². The minimum atomic E-state index is -1.51. The van der Waals surface area contributed by atoms with Crippen LogP contribution >= 0.6 is 0 Å². The average molecular weight is 279 g/mol. The van der Waals surface area contributed by atoms with Crippen molar-refractivity contribution in [3.8, 4) is 5.82 Å².